The lowest BCUT2D eigenvalue weighted by Gasteiger charge is -2.23. The standard InChI is InChI=1S/C12H20N6O/c1-9(2)8-18(7-5-6-13)11-15-10(14-3)16-12(17-11)19-4/h9H,5,7-8H2,1-4H3,(H,14,15,16,17). The highest BCUT2D eigenvalue weighted by Gasteiger charge is 2.14. The zero-order chi connectivity index (χ0) is 14.3. The maximum atomic E-state index is 8.73. The van der Waals surface area contributed by atoms with Gasteiger partial charge in [0, 0.05) is 20.1 Å². The second-order valence-corrected chi connectivity index (χ2v) is 4.44. The highest BCUT2D eigenvalue weighted by atomic mass is 16.5. The number of anilines is 2. The molecule has 19 heavy (non-hydrogen) atoms. The molecule has 1 rings (SSSR count). The van der Waals surface area contributed by atoms with Crippen molar-refractivity contribution in [2.75, 3.05) is 37.5 Å². The molecule has 0 amide bonds. The van der Waals surface area contributed by atoms with Crippen molar-refractivity contribution in [3.8, 4) is 12.1 Å². The summed E-state index contributed by atoms with van der Waals surface area (Å²) in [7, 11) is 3.25. The molecule has 0 aromatic carbocycles. The van der Waals surface area contributed by atoms with E-state index in [2.05, 4.69) is 40.2 Å². The zero-order valence-corrected chi connectivity index (χ0v) is 11.8. The fraction of sp³-hybridized carbons (Fsp3) is 0.667. The SMILES string of the molecule is CNc1nc(OC)nc(N(CCC#N)CC(C)C)n1. The second kappa shape index (κ2) is 7.36. The van der Waals surface area contributed by atoms with Crippen LogP contribution in [0.15, 0.2) is 0 Å². The zero-order valence-electron chi connectivity index (χ0n) is 11.8. The van der Waals surface area contributed by atoms with E-state index in [1.54, 1.807) is 7.05 Å². The topological polar surface area (TPSA) is 87.0 Å². The van der Waals surface area contributed by atoms with Crippen molar-refractivity contribution >= 4 is 11.9 Å². The first-order valence-corrected chi connectivity index (χ1v) is 6.20. The van der Waals surface area contributed by atoms with Gasteiger partial charge in [0.05, 0.1) is 19.6 Å². The molecule has 0 aliphatic heterocycles. The largest absolute Gasteiger partial charge is 0.467 e. The first-order chi connectivity index (χ1) is 9.10. The van der Waals surface area contributed by atoms with Gasteiger partial charge < -0.3 is 15.0 Å². The minimum Gasteiger partial charge on any atom is -0.467 e. The van der Waals surface area contributed by atoms with E-state index in [9.17, 15) is 0 Å². The molecule has 0 spiro atoms. The van der Waals surface area contributed by atoms with Crippen molar-refractivity contribution < 1.29 is 4.74 Å². The second-order valence-electron chi connectivity index (χ2n) is 4.44. The van der Waals surface area contributed by atoms with E-state index in [-0.39, 0.29) is 6.01 Å². The van der Waals surface area contributed by atoms with Gasteiger partial charge in [-0.15, -0.1) is 0 Å². The summed E-state index contributed by atoms with van der Waals surface area (Å²) < 4.78 is 5.06. The van der Waals surface area contributed by atoms with Crippen molar-refractivity contribution in [3.63, 3.8) is 0 Å². The van der Waals surface area contributed by atoms with Gasteiger partial charge >= 0.3 is 6.01 Å². The van der Waals surface area contributed by atoms with E-state index >= 15 is 0 Å². The Morgan fingerprint density at radius 1 is 1.37 bits per heavy atom. The molecule has 1 heterocycles. The molecule has 1 N–H and O–H groups in total. The third kappa shape index (κ3) is 4.58. The summed E-state index contributed by atoms with van der Waals surface area (Å²) in [6.07, 6.45) is 0.426. The van der Waals surface area contributed by atoms with Gasteiger partial charge in [-0.1, -0.05) is 13.8 Å². The summed E-state index contributed by atoms with van der Waals surface area (Å²) in [6.45, 7) is 5.58. The van der Waals surface area contributed by atoms with E-state index < -0.39 is 0 Å². The van der Waals surface area contributed by atoms with Crippen molar-refractivity contribution in [2.24, 2.45) is 5.92 Å². The summed E-state index contributed by atoms with van der Waals surface area (Å²) in [5, 5.41) is 11.6. The molecule has 0 aliphatic carbocycles. The first-order valence-electron chi connectivity index (χ1n) is 6.20. The van der Waals surface area contributed by atoms with Gasteiger partial charge in [0.15, 0.2) is 0 Å². The summed E-state index contributed by atoms with van der Waals surface area (Å²) >= 11 is 0. The Morgan fingerprint density at radius 3 is 2.63 bits per heavy atom. The van der Waals surface area contributed by atoms with E-state index in [1.165, 1.54) is 7.11 Å². The Balaban J connectivity index is 3.02. The number of rotatable bonds is 7. The van der Waals surface area contributed by atoms with E-state index in [0.717, 1.165) is 6.54 Å². The Morgan fingerprint density at radius 2 is 2.11 bits per heavy atom. The van der Waals surface area contributed by atoms with E-state index in [4.69, 9.17) is 10.00 Å². The summed E-state index contributed by atoms with van der Waals surface area (Å²) in [4.78, 5) is 14.6. The van der Waals surface area contributed by atoms with Crippen LogP contribution in [0.5, 0.6) is 6.01 Å². The van der Waals surface area contributed by atoms with Crippen molar-refractivity contribution in [1.82, 2.24) is 15.0 Å². The number of hydrogen-bond acceptors (Lipinski definition) is 7. The summed E-state index contributed by atoms with van der Waals surface area (Å²) in [6, 6.07) is 2.40. The van der Waals surface area contributed by atoms with Crippen molar-refractivity contribution in [1.29, 1.82) is 5.26 Å². The maximum Gasteiger partial charge on any atom is 0.322 e. The molecule has 0 fully saturated rings. The van der Waals surface area contributed by atoms with Crippen LogP contribution in [-0.2, 0) is 0 Å². The number of nitriles is 1. The lowest BCUT2D eigenvalue weighted by molar-refractivity contribution is 0.378. The molecule has 0 atom stereocenters. The van der Waals surface area contributed by atoms with Crippen molar-refractivity contribution in [2.45, 2.75) is 20.3 Å². The van der Waals surface area contributed by atoms with Gasteiger partial charge in [0.1, 0.15) is 0 Å². The van der Waals surface area contributed by atoms with Crippen LogP contribution >= 0.6 is 0 Å². The highest BCUT2D eigenvalue weighted by Crippen LogP contribution is 2.16. The smallest absolute Gasteiger partial charge is 0.322 e. The van der Waals surface area contributed by atoms with Gasteiger partial charge in [-0.3, -0.25) is 0 Å². The maximum absolute atomic E-state index is 8.73. The summed E-state index contributed by atoms with van der Waals surface area (Å²) in [5.41, 5.74) is 0. The van der Waals surface area contributed by atoms with Crippen LogP contribution in [0.3, 0.4) is 0 Å². The van der Waals surface area contributed by atoms with E-state index in [1.807, 2.05) is 4.90 Å². The number of nitrogens with zero attached hydrogens (tertiary/aromatic N) is 5. The van der Waals surface area contributed by atoms with Crippen LogP contribution in [-0.4, -0.2) is 42.2 Å². The number of aromatic nitrogens is 3. The predicted octanol–water partition coefficient (Wildman–Crippen LogP) is 1.30. The van der Waals surface area contributed by atoms with Gasteiger partial charge in [0.25, 0.3) is 0 Å². The Labute approximate surface area is 113 Å². The van der Waals surface area contributed by atoms with Gasteiger partial charge in [-0.05, 0) is 5.92 Å². The van der Waals surface area contributed by atoms with Crippen LogP contribution in [0.2, 0.25) is 0 Å². The van der Waals surface area contributed by atoms with Gasteiger partial charge in [-0.2, -0.15) is 20.2 Å². The Hall–Kier alpha value is -2.10. The van der Waals surface area contributed by atoms with Crippen LogP contribution in [0.4, 0.5) is 11.9 Å². The minimum absolute atomic E-state index is 0.264. The third-order valence-corrected chi connectivity index (χ3v) is 2.37. The quantitative estimate of drug-likeness (QED) is 0.794. The van der Waals surface area contributed by atoms with Gasteiger partial charge in [0.2, 0.25) is 11.9 Å². The Kier molecular flexibility index (Phi) is 5.79. The average Bonchev–Trinajstić information content (AvgIpc) is 2.42. The van der Waals surface area contributed by atoms with E-state index in [0.29, 0.717) is 30.8 Å². The molecular formula is C12H20N6O. The lowest BCUT2D eigenvalue weighted by atomic mass is 10.2. The lowest BCUT2D eigenvalue weighted by Crippen LogP contribution is -2.30. The number of hydrogen-bond donors (Lipinski definition) is 1. The van der Waals surface area contributed by atoms with Crippen LogP contribution < -0.4 is 15.0 Å². The number of methoxy groups -OCH3 is 1. The fourth-order valence-electron chi connectivity index (χ4n) is 1.59. The first kappa shape index (κ1) is 15.0. The highest BCUT2D eigenvalue weighted by molar-refractivity contribution is 5.38. The summed E-state index contributed by atoms with van der Waals surface area (Å²) in [5.74, 6) is 1.42. The molecule has 0 aliphatic rings. The normalized spacial score (nSPS) is 10.1. The molecule has 1 aromatic rings. The molecule has 0 saturated carbocycles. The molecular weight excluding hydrogens is 244 g/mol. The molecule has 104 valence electrons. The Bertz CT molecular complexity index is 420. The molecule has 0 saturated heterocycles. The van der Waals surface area contributed by atoms with Gasteiger partial charge in [-0.25, -0.2) is 0 Å². The van der Waals surface area contributed by atoms with Crippen LogP contribution in [0, 0.1) is 17.2 Å². The molecule has 0 bridgehead atoms. The van der Waals surface area contributed by atoms with Crippen LogP contribution in [0.1, 0.15) is 20.3 Å². The third-order valence-electron chi connectivity index (χ3n) is 2.37. The molecule has 1 aromatic heterocycles. The molecule has 7 nitrogen and oxygen atoms in total. The molecule has 7 heteroatoms. The minimum atomic E-state index is 0.264. The number of nitrogens with one attached hydrogen (secondary N) is 1. The van der Waals surface area contributed by atoms with Crippen molar-refractivity contribution in [3.05, 3.63) is 0 Å². The predicted molar refractivity (Wildman–Crippen MR) is 73.2 cm³/mol. The molecule has 0 radical (unpaired) electrons. The molecule has 0 unspecified atom stereocenters. The van der Waals surface area contributed by atoms with Crippen LogP contribution in [0.25, 0.3) is 0 Å². The number of ether oxygens (including phenoxy) is 1. The average molecular weight is 264 g/mol. The monoisotopic (exact) mass is 264 g/mol. The fourth-order valence-corrected chi connectivity index (χ4v) is 1.59.